The first-order chi connectivity index (χ1) is 10.3. The molecule has 0 saturated carbocycles. The van der Waals surface area contributed by atoms with Crippen molar-refractivity contribution in [1.82, 2.24) is 0 Å². The molecule has 2 aromatic carbocycles. The SMILES string of the molecule is COc1cccc(C(F)F)c1-c1ccccc1OC(F)(F)F. The van der Waals surface area contributed by atoms with Crippen molar-refractivity contribution < 1.29 is 31.4 Å². The first kappa shape index (κ1) is 16.1. The standard InChI is InChI=1S/C15H11F5O2/c1-21-12-8-4-6-10(14(16)17)13(12)9-5-2-3-7-11(9)22-15(18,19)20/h2-8,14H,1H3. The minimum Gasteiger partial charge on any atom is -0.496 e. The van der Waals surface area contributed by atoms with Crippen LogP contribution in [0.2, 0.25) is 0 Å². The Balaban J connectivity index is 2.66. The van der Waals surface area contributed by atoms with Crippen LogP contribution >= 0.6 is 0 Å². The Morgan fingerprint density at radius 1 is 0.909 bits per heavy atom. The maximum atomic E-state index is 13.2. The fourth-order valence-corrected chi connectivity index (χ4v) is 2.08. The Bertz CT molecular complexity index is 653. The molecule has 2 rings (SSSR count). The predicted molar refractivity (Wildman–Crippen MR) is 70.1 cm³/mol. The van der Waals surface area contributed by atoms with Gasteiger partial charge in [-0.2, -0.15) is 0 Å². The third kappa shape index (κ3) is 3.47. The Morgan fingerprint density at radius 3 is 2.14 bits per heavy atom. The summed E-state index contributed by atoms with van der Waals surface area (Å²) in [7, 11) is 1.25. The number of benzene rings is 2. The van der Waals surface area contributed by atoms with E-state index in [1.807, 2.05) is 0 Å². The lowest BCUT2D eigenvalue weighted by atomic mass is 9.98. The number of halogens is 5. The number of hydrogen-bond acceptors (Lipinski definition) is 2. The Kier molecular flexibility index (Phi) is 4.54. The van der Waals surface area contributed by atoms with E-state index < -0.39 is 24.1 Å². The number of methoxy groups -OCH3 is 1. The van der Waals surface area contributed by atoms with E-state index in [0.717, 1.165) is 12.1 Å². The molecule has 0 bridgehead atoms. The summed E-state index contributed by atoms with van der Waals surface area (Å²) in [6, 6.07) is 8.95. The van der Waals surface area contributed by atoms with E-state index in [9.17, 15) is 22.0 Å². The molecule has 7 heteroatoms. The minimum atomic E-state index is -4.93. The van der Waals surface area contributed by atoms with Gasteiger partial charge >= 0.3 is 6.36 Å². The highest BCUT2D eigenvalue weighted by atomic mass is 19.4. The van der Waals surface area contributed by atoms with Crippen molar-refractivity contribution in [3.63, 3.8) is 0 Å². The second-order valence-corrected chi connectivity index (χ2v) is 4.27. The van der Waals surface area contributed by atoms with Crippen molar-refractivity contribution in [2.45, 2.75) is 12.8 Å². The van der Waals surface area contributed by atoms with E-state index in [1.54, 1.807) is 0 Å². The maximum Gasteiger partial charge on any atom is 0.573 e. The van der Waals surface area contributed by atoms with Gasteiger partial charge in [0.05, 0.1) is 7.11 Å². The number of para-hydroxylation sites is 1. The van der Waals surface area contributed by atoms with Crippen molar-refractivity contribution >= 4 is 0 Å². The quantitative estimate of drug-likeness (QED) is 0.722. The lowest BCUT2D eigenvalue weighted by Crippen LogP contribution is -2.17. The van der Waals surface area contributed by atoms with E-state index in [1.165, 1.54) is 37.4 Å². The second kappa shape index (κ2) is 6.21. The van der Waals surface area contributed by atoms with Gasteiger partial charge in [-0.3, -0.25) is 0 Å². The highest BCUT2D eigenvalue weighted by Crippen LogP contribution is 2.43. The molecular formula is C15H11F5O2. The average Bonchev–Trinajstić information content (AvgIpc) is 2.45. The summed E-state index contributed by atoms with van der Waals surface area (Å²) in [4.78, 5) is 0. The van der Waals surface area contributed by atoms with Crippen LogP contribution < -0.4 is 9.47 Å². The molecule has 0 saturated heterocycles. The molecule has 2 nitrogen and oxygen atoms in total. The first-order valence-corrected chi connectivity index (χ1v) is 6.13. The molecule has 0 aliphatic heterocycles. The van der Waals surface area contributed by atoms with Crippen molar-refractivity contribution in [3.8, 4) is 22.6 Å². The molecule has 0 spiro atoms. The molecule has 0 amide bonds. The molecule has 22 heavy (non-hydrogen) atoms. The number of hydrogen-bond donors (Lipinski definition) is 0. The highest BCUT2D eigenvalue weighted by Gasteiger charge is 2.33. The highest BCUT2D eigenvalue weighted by molar-refractivity contribution is 5.79. The number of ether oxygens (including phenoxy) is 2. The monoisotopic (exact) mass is 318 g/mol. The van der Waals surface area contributed by atoms with Gasteiger partial charge in [-0.05, 0) is 12.1 Å². The van der Waals surface area contributed by atoms with Crippen LogP contribution in [0.5, 0.6) is 11.5 Å². The first-order valence-electron chi connectivity index (χ1n) is 6.13. The van der Waals surface area contributed by atoms with Crippen molar-refractivity contribution in [3.05, 3.63) is 48.0 Å². The van der Waals surface area contributed by atoms with Gasteiger partial charge < -0.3 is 9.47 Å². The fourth-order valence-electron chi connectivity index (χ4n) is 2.08. The van der Waals surface area contributed by atoms with Crippen LogP contribution in [0.3, 0.4) is 0 Å². The van der Waals surface area contributed by atoms with Crippen LogP contribution in [0.1, 0.15) is 12.0 Å². The summed E-state index contributed by atoms with van der Waals surface area (Å²) in [6.45, 7) is 0. The van der Waals surface area contributed by atoms with Crippen molar-refractivity contribution in [2.75, 3.05) is 7.11 Å². The zero-order valence-electron chi connectivity index (χ0n) is 11.3. The molecule has 0 atom stereocenters. The largest absolute Gasteiger partial charge is 0.573 e. The van der Waals surface area contributed by atoms with E-state index in [-0.39, 0.29) is 16.9 Å². The summed E-state index contributed by atoms with van der Waals surface area (Å²) in [6.07, 6.45) is -7.80. The number of rotatable bonds is 4. The van der Waals surface area contributed by atoms with Gasteiger partial charge in [0.2, 0.25) is 0 Å². The molecule has 118 valence electrons. The van der Waals surface area contributed by atoms with Gasteiger partial charge in [-0.25, -0.2) is 8.78 Å². The van der Waals surface area contributed by atoms with Crippen LogP contribution in [0.4, 0.5) is 22.0 Å². The summed E-state index contributed by atoms with van der Waals surface area (Å²) in [5.74, 6) is -0.530. The second-order valence-electron chi connectivity index (χ2n) is 4.27. The van der Waals surface area contributed by atoms with Gasteiger partial charge in [0.15, 0.2) is 0 Å². The topological polar surface area (TPSA) is 18.5 Å². The Labute approximate surface area is 123 Å². The van der Waals surface area contributed by atoms with Crippen LogP contribution in [-0.2, 0) is 0 Å². The Morgan fingerprint density at radius 2 is 1.55 bits per heavy atom. The van der Waals surface area contributed by atoms with Crippen LogP contribution in [0.25, 0.3) is 11.1 Å². The zero-order valence-corrected chi connectivity index (χ0v) is 11.3. The summed E-state index contributed by atoms with van der Waals surface area (Å²) in [5.41, 5.74) is -0.676. The number of alkyl halides is 5. The molecule has 0 aromatic heterocycles. The molecule has 0 aliphatic carbocycles. The lowest BCUT2D eigenvalue weighted by Gasteiger charge is -2.17. The molecule has 0 N–H and O–H groups in total. The molecule has 0 radical (unpaired) electrons. The van der Waals surface area contributed by atoms with E-state index in [2.05, 4.69) is 4.74 Å². The Hall–Kier alpha value is -2.31. The van der Waals surface area contributed by atoms with Gasteiger partial charge in [0, 0.05) is 16.7 Å². The van der Waals surface area contributed by atoms with Crippen LogP contribution in [0, 0.1) is 0 Å². The van der Waals surface area contributed by atoms with Gasteiger partial charge in [0.25, 0.3) is 6.43 Å². The molecule has 0 fully saturated rings. The third-order valence-electron chi connectivity index (χ3n) is 2.90. The summed E-state index contributed by atoms with van der Waals surface area (Å²) >= 11 is 0. The summed E-state index contributed by atoms with van der Waals surface area (Å²) < 4.78 is 72.7. The predicted octanol–water partition coefficient (Wildman–Crippen LogP) is 5.20. The van der Waals surface area contributed by atoms with Crippen LogP contribution in [-0.4, -0.2) is 13.5 Å². The van der Waals surface area contributed by atoms with E-state index in [0.29, 0.717) is 0 Å². The molecule has 0 aliphatic rings. The fraction of sp³-hybridized carbons (Fsp3) is 0.200. The zero-order chi connectivity index (χ0) is 16.3. The van der Waals surface area contributed by atoms with Crippen molar-refractivity contribution in [1.29, 1.82) is 0 Å². The molecule has 0 heterocycles. The van der Waals surface area contributed by atoms with Gasteiger partial charge in [-0.1, -0.05) is 30.3 Å². The van der Waals surface area contributed by atoms with Gasteiger partial charge in [-0.15, -0.1) is 13.2 Å². The summed E-state index contributed by atoms with van der Waals surface area (Å²) in [5, 5.41) is 0. The third-order valence-corrected chi connectivity index (χ3v) is 2.90. The average molecular weight is 318 g/mol. The normalized spacial score (nSPS) is 11.6. The van der Waals surface area contributed by atoms with E-state index in [4.69, 9.17) is 4.74 Å². The molecule has 0 unspecified atom stereocenters. The molecular weight excluding hydrogens is 307 g/mol. The maximum absolute atomic E-state index is 13.2. The molecule has 2 aromatic rings. The van der Waals surface area contributed by atoms with Crippen LogP contribution in [0.15, 0.2) is 42.5 Å². The van der Waals surface area contributed by atoms with Crippen molar-refractivity contribution in [2.24, 2.45) is 0 Å². The smallest absolute Gasteiger partial charge is 0.496 e. The van der Waals surface area contributed by atoms with E-state index >= 15 is 0 Å². The van der Waals surface area contributed by atoms with Gasteiger partial charge in [0.1, 0.15) is 11.5 Å². The minimum absolute atomic E-state index is 0.0380. The lowest BCUT2D eigenvalue weighted by molar-refractivity contribution is -0.274.